The van der Waals surface area contributed by atoms with Gasteiger partial charge in [-0.05, 0) is 29.8 Å². The van der Waals surface area contributed by atoms with Crippen LogP contribution in [-0.2, 0) is 14.3 Å². The molecule has 0 bridgehead atoms. The number of nitrogens with one attached hydrogen (secondary N) is 1. The van der Waals surface area contributed by atoms with Crippen molar-refractivity contribution in [2.45, 2.75) is 0 Å². The number of carbonyl (C=O) groups is 2. The summed E-state index contributed by atoms with van der Waals surface area (Å²) in [6.07, 6.45) is 0. The van der Waals surface area contributed by atoms with Gasteiger partial charge in [-0.3, -0.25) is 4.79 Å². The van der Waals surface area contributed by atoms with Crippen LogP contribution in [0.2, 0.25) is 0 Å². The van der Waals surface area contributed by atoms with Crippen molar-refractivity contribution in [3.8, 4) is 16.9 Å². The highest BCUT2D eigenvalue weighted by molar-refractivity contribution is 5.92. The lowest BCUT2D eigenvalue weighted by Gasteiger charge is -2.11. The Kier molecular flexibility index (Phi) is 6.36. The highest BCUT2D eigenvalue weighted by Crippen LogP contribution is 2.29. The molecule has 0 atom stereocenters. The Bertz CT molecular complexity index is 960. The van der Waals surface area contributed by atoms with Crippen molar-refractivity contribution in [3.63, 3.8) is 0 Å². The van der Waals surface area contributed by atoms with Crippen LogP contribution in [0.15, 0.2) is 78.9 Å². The Morgan fingerprint density at radius 3 is 2.39 bits per heavy atom. The molecule has 1 amide bonds. The van der Waals surface area contributed by atoms with E-state index in [9.17, 15) is 14.0 Å². The number of ether oxygens (including phenoxy) is 2. The fourth-order valence-electron chi connectivity index (χ4n) is 2.54. The molecular weight excluding hydrogens is 361 g/mol. The molecule has 3 aromatic rings. The molecule has 0 aliphatic heterocycles. The number of rotatable bonds is 7. The predicted molar refractivity (Wildman–Crippen MR) is 103 cm³/mol. The minimum atomic E-state index is -0.683. The van der Waals surface area contributed by atoms with E-state index in [4.69, 9.17) is 9.47 Å². The van der Waals surface area contributed by atoms with Gasteiger partial charge in [-0.15, -0.1) is 0 Å². The fraction of sp³-hybridized carbons (Fsp3) is 0.0909. The van der Waals surface area contributed by atoms with Crippen LogP contribution in [-0.4, -0.2) is 25.1 Å². The van der Waals surface area contributed by atoms with Gasteiger partial charge in [0.2, 0.25) is 0 Å². The third-order valence-electron chi connectivity index (χ3n) is 3.79. The quantitative estimate of drug-likeness (QED) is 0.629. The maximum atomic E-state index is 13.1. The van der Waals surface area contributed by atoms with E-state index in [0.29, 0.717) is 5.75 Å². The Morgan fingerprint density at radius 2 is 1.61 bits per heavy atom. The summed E-state index contributed by atoms with van der Waals surface area (Å²) in [5.74, 6) is -1.18. The summed E-state index contributed by atoms with van der Waals surface area (Å²) in [4.78, 5) is 23.7. The van der Waals surface area contributed by atoms with Gasteiger partial charge in [-0.1, -0.05) is 54.6 Å². The summed E-state index contributed by atoms with van der Waals surface area (Å²) in [5, 5.41) is 2.45. The molecule has 0 saturated carbocycles. The van der Waals surface area contributed by atoms with E-state index < -0.39 is 24.3 Å². The standard InChI is InChI=1S/C22H18FNO4/c23-17-9-6-10-18(13-17)24-21(25)14-28-22(26)15-27-20-12-5-4-11-19(20)16-7-2-1-3-8-16/h1-13H,14-15H2,(H,24,25). The summed E-state index contributed by atoms with van der Waals surface area (Å²) in [6, 6.07) is 22.4. The van der Waals surface area contributed by atoms with E-state index in [1.165, 1.54) is 24.3 Å². The van der Waals surface area contributed by atoms with Crippen LogP contribution in [0, 0.1) is 5.82 Å². The third-order valence-corrected chi connectivity index (χ3v) is 3.79. The van der Waals surface area contributed by atoms with E-state index in [0.717, 1.165) is 11.1 Å². The van der Waals surface area contributed by atoms with Crippen molar-refractivity contribution in [2.24, 2.45) is 0 Å². The Morgan fingerprint density at radius 1 is 0.857 bits per heavy atom. The number of para-hydroxylation sites is 1. The highest BCUT2D eigenvalue weighted by Gasteiger charge is 2.11. The first-order chi connectivity index (χ1) is 13.6. The molecule has 0 fully saturated rings. The number of hydrogen-bond acceptors (Lipinski definition) is 4. The van der Waals surface area contributed by atoms with Crippen LogP contribution in [0.25, 0.3) is 11.1 Å². The maximum absolute atomic E-state index is 13.1. The van der Waals surface area contributed by atoms with Gasteiger partial charge in [0, 0.05) is 11.3 Å². The van der Waals surface area contributed by atoms with E-state index in [1.807, 2.05) is 42.5 Å². The lowest BCUT2D eigenvalue weighted by molar-refractivity contribution is -0.149. The Balaban J connectivity index is 1.50. The van der Waals surface area contributed by atoms with Gasteiger partial charge >= 0.3 is 5.97 Å². The number of halogens is 1. The smallest absolute Gasteiger partial charge is 0.344 e. The predicted octanol–water partition coefficient (Wildman–Crippen LogP) is 4.05. The number of esters is 1. The van der Waals surface area contributed by atoms with E-state index in [-0.39, 0.29) is 12.3 Å². The summed E-state index contributed by atoms with van der Waals surface area (Å²) in [7, 11) is 0. The molecule has 5 nitrogen and oxygen atoms in total. The molecule has 0 aliphatic rings. The Labute approximate surface area is 161 Å². The van der Waals surface area contributed by atoms with Gasteiger partial charge < -0.3 is 14.8 Å². The second-order valence-corrected chi connectivity index (χ2v) is 5.87. The summed E-state index contributed by atoms with van der Waals surface area (Å²) >= 11 is 0. The molecule has 3 rings (SSSR count). The van der Waals surface area contributed by atoms with E-state index in [1.54, 1.807) is 12.1 Å². The van der Waals surface area contributed by atoms with Gasteiger partial charge in [0.15, 0.2) is 13.2 Å². The number of amides is 1. The number of anilines is 1. The second-order valence-electron chi connectivity index (χ2n) is 5.87. The average Bonchev–Trinajstić information content (AvgIpc) is 2.71. The normalized spacial score (nSPS) is 10.2. The molecule has 0 aromatic heterocycles. The molecular formula is C22H18FNO4. The molecule has 6 heteroatoms. The topological polar surface area (TPSA) is 64.6 Å². The van der Waals surface area contributed by atoms with Crippen LogP contribution in [0.3, 0.4) is 0 Å². The number of benzene rings is 3. The number of hydrogen-bond donors (Lipinski definition) is 1. The average molecular weight is 379 g/mol. The van der Waals surface area contributed by atoms with Crippen molar-refractivity contribution in [2.75, 3.05) is 18.5 Å². The largest absolute Gasteiger partial charge is 0.481 e. The second kappa shape index (κ2) is 9.32. The fourth-order valence-corrected chi connectivity index (χ4v) is 2.54. The highest BCUT2D eigenvalue weighted by atomic mass is 19.1. The SMILES string of the molecule is O=C(COC(=O)COc1ccccc1-c1ccccc1)Nc1cccc(F)c1. The van der Waals surface area contributed by atoms with Crippen LogP contribution in [0.1, 0.15) is 0 Å². The minimum absolute atomic E-state index is 0.286. The first-order valence-corrected chi connectivity index (χ1v) is 8.60. The number of carbonyl (C=O) groups excluding carboxylic acids is 2. The van der Waals surface area contributed by atoms with Crippen molar-refractivity contribution in [1.82, 2.24) is 0 Å². The lowest BCUT2D eigenvalue weighted by Crippen LogP contribution is -2.23. The lowest BCUT2D eigenvalue weighted by atomic mass is 10.1. The van der Waals surface area contributed by atoms with Crippen molar-refractivity contribution in [1.29, 1.82) is 0 Å². The van der Waals surface area contributed by atoms with Crippen LogP contribution in [0.4, 0.5) is 10.1 Å². The van der Waals surface area contributed by atoms with Gasteiger partial charge in [0.1, 0.15) is 11.6 Å². The summed E-state index contributed by atoms with van der Waals surface area (Å²) in [5.41, 5.74) is 2.09. The van der Waals surface area contributed by atoms with E-state index in [2.05, 4.69) is 5.32 Å². The minimum Gasteiger partial charge on any atom is -0.481 e. The van der Waals surface area contributed by atoms with Crippen molar-refractivity contribution >= 4 is 17.6 Å². The van der Waals surface area contributed by atoms with Gasteiger partial charge in [0.25, 0.3) is 5.91 Å². The van der Waals surface area contributed by atoms with Gasteiger partial charge in [-0.2, -0.15) is 0 Å². The van der Waals surface area contributed by atoms with Crippen LogP contribution in [0.5, 0.6) is 5.75 Å². The molecule has 0 radical (unpaired) electrons. The molecule has 0 heterocycles. The zero-order chi connectivity index (χ0) is 19.8. The zero-order valence-corrected chi connectivity index (χ0v) is 14.9. The van der Waals surface area contributed by atoms with Gasteiger partial charge in [0.05, 0.1) is 0 Å². The molecule has 0 unspecified atom stereocenters. The first-order valence-electron chi connectivity index (χ1n) is 8.60. The maximum Gasteiger partial charge on any atom is 0.344 e. The van der Waals surface area contributed by atoms with Crippen molar-refractivity contribution in [3.05, 3.63) is 84.7 Å². The van der Waals surface area contributed by atoms with Crippen molar-refractivity contribution < 1.29 is 23.5 Å². The molecule has 0 saturated heterocycles. The summed E-state index contributed by atoms with van der Waals surface area (Å²) < 4.78 is 23.6. The summed E-state index contributed by atoms with van der Waals surface area (Å²) in [6.45, 7) is -0.823. The third kappa shape index (κ3) is 5.41. The van der Waals surface area contributed by atoms with Gasteiger partial charge in [-0.25, -0.2) is 9.18 Å². The zero-order valence-electron chi connectivity index (χ0n) is 14.9. The molecule has 0 aliphatic carbocycles. The Hall–Kier alpha value is -3.67. The van der Waals surface area contributed by atoms with E-state index >= 15 is 0 Å². The monoisotopic (exact) mass is 379 g/mol. The van der Waals surface area contributed by atoms with Crippen LogP contribution >= 0.6 is 0 Å². The first kappa shape index (κ1) is 19.1. The molecule has 28 heavy (non-hydrogen) atoms. The molecule has 3 aromatic carbocycles. The molecule has 142 valence electrons. The molecule has 0 spiro atoms. The molecule has 1 N–H and O–H groups in total. The van der Waals surface area contributed by atoms with Crippen LogP contribution < -0.4 is 10.1 Å².